The van der Waals surface area contributed by atoms with Crippen LogP contribution in [0.2, 0.25) is 0 Å². The highest BCUT2D eigenvalue weighted by molar-refractivity contribution is 9.10. The van der Waals surface area contributed by atoms with Gasteiger partial charge in [-0.15, -0.1) is 0 Å². The molecule has 0 aromatic heterocycles. The summed E-state index contributed by atoms with van der Waals surface area (Å²) in [4.78, 5) is 0. The van der Waals surface area contributed by atoms with Gasteiger partial charge in [0.25, 0.3) is 0 Å². The van der Waals surface area contributed by atoms with Crippen LogP contribution in [0, 0.1) is 6.92 Å². The Labute approximate surface area is 121 Å². The van der Waals surface area contributed by atoms with Crippen LogP contribution in [0.3, 0.4) is 0 Å². The largest absolute Gasteiger partial charge is 0.490 e. The summed E-state index contributed by atoms with van der Waals surface area (Å²) in [6.45, 7) is 2.95. The average Bonchev–Trinajstić information content (AvgIpc) is 2.39. The molecule has 0 saturated carbocycles. The van der Waals surface area contributed by atoms with E-state index >= 15 is 0 Å². The van der Waals surface area contributed by atoms with Gasteiger partial charge in [-0.05, 0) is 48.9 Å². The van der Waals surface area contributed by atoms with Gasteiger partial charge >= 0.3 is 0 Å². The molecular formula is C15H16BrNO2. The number of nitrogen functional groups attached to an aromatic ring is 1. The molecule has 0 spiro atoms. The van der Waals surface area contributed by atoms with E-state index in [1.165, 1.54) is 0 Å². The molecule has 2 aromatic rings. The molecule has 0 aliphatic heterocycles. The Morgan fingerprint density at radius 3 is 2.32 bits per heavy atom. The van der Waals surface area contributed by atoms with Crippen molar-refractivity contribution in [1.29, 1.82) is 0 Å². The smallest absolute Gasteiger partial charge is 0.122 e. The van der Waals surface area contributed by atoms with Crippen molar-refractivity contribution in [2.45, 2.75) is 6.92 Å². The molecule has 0 amide bonds. The zero-order chi connectivity index (χ0) is 13.7. The number of rotatable bonds is 5. The highest BCUT2D eigenvalue weighted by atomic mass is 79.9. The van der Waals surface area contributed by atoms with Gasteiger partial charge in [-0.25, -0.2) is 0 Å². The van der Waals surface area contributed by atoms with E-state index in [9.17, 15) is 0 Å². The quantitative estimate of drug-likeness (QED) is 0.673. The third kappa shape index (κ3) is 4.17. The first-order chi connectivity index (χ1) is 9.15. The maximum atomic E-state index is 5.75. The number of benzene rings is 2. The maximum absolute atomic E-state index is 5.75. The van der Waals surface area contributed by atoms with Gasteiger partial charge in [0.15, 0.2) is 0 Å². The summed E-state index contributed by atoms with van der Waals surface area (Å²) in [5.41, 5.74) is 7.54. The third-order valence-electron chi connectivity index (χ3n) is 2.66. The summed E-state index contributed by atoms with van der Waals surface area (Å²) >= 11 is 3.40. The van der Waals surface area contributed by atoms with Crippen LogP contribution in [0.15, 0.2) is 46.9 Å². The molecule has 2 rings (SSSR count). The molecule has 0 bridgehead atoms. The van der Waals surface area contributed by atoms with Crippen LogP contribution < -0.4 is 15.2 Å². The minimum Gasteiger partial charge on any atom is -0.490 e. The fraction of sp³-hybridized carbons (Fsp3) is 0.200. The predicted molar refractivity (Wildman–Crippen MR) is 80.7 cm³/mol. The van der Waals surface area contributed by atoms with Crippen molar-refractivity contribution >= 4 is 21.6 Å². The summed E-state index contributed by atoms with van der Waals surface area (Å²) in [6.07, 6.45) is 0. The SMILES string of the molecule is Cc1cc(OCCOc2cccc(Br)c2)ccc1N. The van der Waals surface area contributed by atoms with Crippen LogP contribution in [0.1, 0.15) is 5.56 Å². The molecule has 4 heteroatoms. The second-order valence-corrected chi connectivity index (χ2v) is 5.09. The minimum absolute atomic E-state index is 0.496. The van der Waals surface area contributed by atoms with Gasteiger partial charge in [0.05, 0.1) is 0 Å². The summed E-state index contributed by atoms with van der Waals surface area (Å²) in [7, 11) is 0. The summed E-state index contributed by atoms with van der Waals surface area (Å²) in [5, 5.41) is 0. The highest BCUT2D eigenvalue weighted by Crippen LogP contribution is 2.19. The first-order valence-electron chi connectivity index (χ1n) is 6.02. The number of aryl methyl sites for hydroxylation is 1. The molecule has 0 atom stereocenters. The van der Waals surface area contributed by atoms with E-state index in [4.69, 9.17) is 15.2 Å². The number of hydrogen-bond donors (Lipinski definition) is 1. The molecule has 0 saturated heterocycles. The fourth-order valence-corrected chi connectivity index (χ4v) is 1.99. The van der Waals surface area contributed by atoms with E-state index in [1.807, 2.05) is 49.4 Å². The number of ether oxygens (including phenoxy) is 2. The fourth-order valence-electron chi connectivity index (χ4n) is 1.61. The predicted octanol–water partition coefficient (Wildman–Crippen LogP) is 3.80. The maximum Gasteiger partial charge on any atom is 0.122 e. The lowest BCUT2D eigenvalue weighted by Crippen LogP contribution is -2.09. The molecule has 0 heterocycles. The zero-order valence-corrected chi connectivity index (χ0v) is 12.3. The molecule has 0 fully saturated rings. The number of hydrogen-bond acceptors (Lipinski definition) is 3. The van der Waals surface area contributed by atoms with Gasteiger partial charge in [0, 0.05) is 10.2 Å². The van der Waals surface area contributed by atoms with Crippen LogP contribution in [-0.4, -0.2) is 13.2 Å². The van der Waals surface area contributed by atoms with Crippen molar-refractivity contribution in [3.63, 3.8) is 0 Å². The molecular weight excluding hydrogens is 306 g/mol. The number of anilines is 1. The van der Waals surface area contributed by atoms with E-state index < -0.39 is 0 Å². The first-order valence-corrected chi connectivity index (χ1v) is 6.82. The van der Waals surface area contributed by atoms with Gasteiger partial charge in [-0.2, -0.15) is 0 Å². The Morgan fingerprint density at radius 1 is 1.00 bits per heavy atom. The molecule has 0 unspecified atom stereocenters. The lowest BCUT2D eigenvalue weighted by Gasteiger charge is -2.09. The van der Waals surface area contributed by atoms with Crippen LogP contribution in [0.4, 0.5) is 5.69 Å². The summed E-state index contributed by atoms with van der Waals surface area (Å²) in [5.74, 6) is 1.64. The van der Waals surface area contributed by atoms with Crippen molar-refractivity contribution in [3.05, 3.63) is 52.5 Å². The van der Waals surface area contributed by atoms with Gasteiger partial charge in [-0.3, -0.25) is 0 Å². The highest BCUT2D eigenvalue weighted by Gasteiger charge is 1.99. The van der Waals surface area contributed by atoms with Gasteiger partial charge in [0.2, 0.25) is 0 Å². The average molecular weight is 322 g/mol. The lowest BCUT2D eigenvalue weighted by molar-refractivity contribution is 0.217. The Balaban J connectivity index is 1.79. The van der Waals surface area contributed by atoms with Crippen molar-refractivity contribution in [3.8, 4) is 11.5 Å². The van der Waals surface area contributed by atoms with E-state index in [0.29, 0.717) is 13.2 Å². The summed E-state index contributed by atoms with van der Waals surface area (Å²) < 4.78 is 12.2. The second kappa shape index (κ2) is 6.48. The number of halogens is 1. The Hall–Kier alpha value is -1.68. The van der Waals surface area contributed by atoms with E-state index in [1.54, 1.807) is 0 Å². The molecule has 100 valence electrons. The molecule has 0 radical (unpaired) electrons. The van der Waals surface area contributed by atoms with Crippen molar-refractivity contribution in [2.75, 3.05) is 18.9 Å². The molecule has 0 aliphatic carbocycles. The molecule has 0 aliphatic rings. The van der Waals surface area contributed by atoms with Crippen LogP contribution in [-0.2, 0) is 0 Å². The zero-order valence-electron chi connectivity index (χ0n) is 10.7. The van der Waals surface area contributed by atoms with Gasteiger partial charge in [0.1, 0.15) is 24.7 Å². The molecule has 2 aromatic carbocycles. The standard InChI is InChI=1S/C15H16BrNO2/c1-11-9-14(5-6-15(11)17)19-8-7-18-13-4-2-3-12(16)10-13/h2-6,9-10H,7-8,17H2,1H3. The Kier molecular flexibility index (Phi) is 4.68. The topological polar surface area (TPSA) is 44.5 Å². The van der Waals surface area contributed by atoms with Crippen molar-refractivity contribution in [1.82, 2.24) is 0 Å². The minimum atomic E-state index is 0.496. The Bertz CT molecular complexity index is 558. The Morgan fingerprint density at radius 2 is 1.68 bits per heavy atom. The third-order valence-corrected chi connectivity index (χ3v) is 3.15. The lowest BCUT2D eigenvalue weighted by atomic mass is 10.2. The van der Waals surface area contributed by atoms with Crippen LogP contribution in [0.25, 0.3) is 0 Å². The molecule has 3 nitrogen and oxygen atoms in total. The van der Waals surface area contributed by atoms with Crippen LogP contribution >= 0.6 is 15.9 Å². The monoisotopic (exact) mass is 321 g/mol. The van der Waals surface area contributed by atoms with Crippen molar-refractivity contribution < 1.29 is 9.47 Å². The van der Waals surface area contributed by atoms with E-state index in [0.717, 1.165) is 27.2 Å². The van der Waals surface area contributed by atoms with Gasteiger partial charge < -0.3 is 15.2 Å². The first kappa shape index (κ1) is 13.7. The van der Waals surface area contributed by atoms with E-state index in [2.05, 4.69) is 15.9 Å². The summed E-state index contributed by atoms with van der Waals surface area (Å²) in [6, 6.07) is 13.4. The van der Waals surface area contributed by atoms with E-state index in [-0.39, 0.29) is 0 Å². The molecule has 19 heavy (non-hydrogen) atoms. The van der Waals surface area contributed by atoms with Crippen LogP contribution in [0.5, 0.6) is 11.5 Å². The molecule has 2 N–H and O–H groups in total. The second-order valence-electron chi connectivity index (χ2n) is 4.17. The number of nitrogens with two attached hydrogens (primary N) is 1. The van der Waals surface area contributed by atoms with Gasteiger partial charge in [-0.1, -0.05) is 22.0 Å². The normalized spacial score (nSPS) is 10.2. The van der Waals surface area contributed by atoms with Crippen molar-refractivity contribution in [2.24, 2.45) is 0 Å².